The van der Waals surface area contributed by atoms with Crippen molar-refractivity contribution in [3.8, 4) is 5.75 Å². The van der Waals surface area contributed by atoms with Crippen LogP contribution in [0.4, 0.5) is 4.79 Å². The lowest BCUT2D eigenvalue weighted by Gasteiger charge is -2.21. The molecule has 0 saturated carbocycles. The second-order valence-corrected chi connectivity index (χ2v) is 6.73. The maximum absolute atomic E-state index is 12.7. The Bertz CT molecular complexity index is 994. The van der Waals surface area contributed by atoms with Gasteiger partial charge in [-0.1, -0.05) is 24.3 Å². The molecule has 1 saturated heterocycles. The molecule has 1 fully saturated rings. The molecule has 0 spiro atoms. The topological polar surface area (TPSA) is 84.0 Å². The Morgan fingerprint density at radius 2 is 1.41 bits per heavy atom. The van der Waals surface area contributed by atoms with Gasteiger partial charge in [0.05, 0.1) is 23.1 Å². The van der Waals surface area contributed by atoms with Crippen LogP contribution in [0.5, 0.6) is 5.75 Å². The average Bonchev–Trinajstić information content (AvgIpc) is 3.09. The van der Waals surface area contributed by atoms with Crippen LogP contribution in [0.1, 0.15) is 26.3 Å². The van der Waals surface area contributed by atoms with Gasteiger partial charge in [-0.15, -0.1) is 0 Å². The Kier molecular flexibility index (Phi) is 4.04. The van der Waals surface area contributed by atoms with Gasteiger partial charge in [0.25, 0.3) is 17.7 Å². The third-order valence-electron chi connectivity index (χ3n) is 4.16. The first-order valence-corrected chi connectivity index (χ1v) is 8.72. The molecular formula is C19H12N2O5S. The molecule has 4 amide bonds. The second-order valence-electron chi connectivity index (χ2n) is 5.73. The van der Waals surface area contributed by atoms with E-state index in [9.17, 15) is 19.2 Å². The molecule has 0 unspecified atom stereocenters. The number of carbonyl (C=O) groups excluding carboxylic acids is 4. The summed E-state index contributed by atoms with van der Waals surface area (Å²) in [5.74, 6) is -1.44. The van der Waals surface area contributed by atoms with E-state index >= 15 is 0 Å². The molecule has 0 aliphatic carbocycles. The monoisotopic (exact) mass is 380 g/mol. The number of thioether (sulfide) groups is 1. The molecule has 134 valence electrons. The number of rotatable bonds is 3. The van der Waals surface area contributed by atoms with Crippen LogP contribution in [0.3, 0.4) is 0 Å². The number of ether oxygens (including phenoxy) is 1. The Labute approximate surface area is 158 Å². The van der Waals surface area contributed by atoms with Crippen molar-refractivity contribution in [1.29, 1.82) is 0 Å². The summed E-state index contributed by atoms with van der Waals surface area (Å²) in [4.78, 5) is 50.3. The molecule has 0 N–H and O–H groups in total. The highest BCUT2D eigenvalue weighted by atomic mass is 32.2. The zero-order valence-electron chi connectivity index (χ0n) is 14.0. The summed E-state index contributed by atoms with van der Waals surface area (Å²) < 4.78 is 5.08. The van der Waals surface area contributed by atoms with Crippen molar-refractivity contribution in [2.75, 3.05) is 7.11 Å². The van der Waals surface area contributed by atoms with E-state index in [1.165, 1.54) is 18.2 Å². The van der Waals surface area contributed by atoms with Crippen molar-refractivity contribution in [2.45, 2.75) is 0 Å². The maximum atomic E-state index is 12.7. The summed E-state index contributed by atoms with van der Waals surface area (Å²) in [7, 11) is 1.54. The van der Waals surface area contributed by atoms with Gasteiger partial charge in [0.2, 0.25) is 0 Å². The molecule has 2 heterocycles. The highest BCUT2D eigenvalue weighted by molar-refractivity contribution is 8.18. The molecule has 8 heteroatoms. The van der Waals surface area contributed by atoms with Gasteiger partial charge >= 0.3 is 5.24 Å². The smallest absolute Gasteiger partial charge is 0.313 e. The fraction of sp³-hybridized carbons (Fsp3) is 0.0526. The van der Waals surface area contributed by atoms with E-state index in [0.717, 1.165) is 0 Å². The quantitative estimate of drug-likeness (QED) is 0.601. The number of carbonyl (C=O) groups is 4. The Morgan fingerprint density at radius 1 is 0.815 bits per heavy atom. The zero-order chi connectivity index (χ0) is 19.1. The molecule has 0 aromatic heterocycles. The Morgan fingerprint density at radius 3 is 1.96 bits per heavy atom. The molecule has 7 nitrogen and oxygen atoms in total. The zero-order valence-corrected chi connectivity index (χ0v) is 14.9. The van der Waals surface area contributed by atoms with Gasteiger partial charge in [0.15, 0.2) is 0 Å². The van der Waals surface area contributed by atoms with Gasteiger partial charge in [0.1, 0.15) is 5.75 Å². The van der Waals surface area contributed by atoms with Crippen molar-refractivity contribution in [3.63, 3.8) is 0 Å². The number of methoxy groups -OCH3 is 1. The van der Waals surface area contributed by atoms with E-state index in [0.29, 0.717) is 33.1 Å². The summed E-state index contributed by atoms with van der Waals surface area (Å²) in [5.41, 5.74) is 1.02. The van der Waals surface area contributed by atoms with Crippen LogP contribution >= 0.6 is 11.8 Å². The predicted octanol–water partition coefficient (Wildman–Crippen LogP) is 2.94. The first kappa shape index (κ1) is 17.0. The number of imide groups is 2. The van der Waals surface area contributed by atoms with Crippen LogP contribution in [-0.4, -0.2) is 40.1 Å². The number of hydrazine groups is 1. The number of nitrogens with zero attached hydrogens (tertiary/aromatic N) is 2. The maximum Gasteiger partial charge on any atom is 0.313 e. The lowest BCUT2D eigenvalue weighted by molar-refractivity contribution is -0.129. The van der Waals surface area contributed by atoms with Crippen molar-refractivity contribution >= 4 is 40.8 Å². The van der Waals surface area contributed by atoms with Gasteiger partial charge in [-0.05, 0) is 47.7 Å². The summed E-state index contributed by atoms with van der Waals surface area (Å²) in [6, 6.07) is 13.1. The third-order valence-corrected chi connectivity index (χ3v) is 5.02. The molecule has 4 rings (SSSR count). The van der Waals surface area contributed by atoms with E-state index in [4.69, 9.17) is 4.74 Å². The van der Waals surface area contributed by atoms with Gasteiger partial charge in [-0.2, -0.15) is 10.0 Å². The minimum Gasteiger partial charge on any atom is -0.497 e. The number of benzene rings is 2. The van der Waals surface area contributed by atoms with E-state index < -0.39 is 23.0 Å². The first-order chi connectivity index (χ1) is 13.0. The molecule has 2 aromatic carbocycles. The summed E-state index contributed by atoms with van der Waals surface area (Å²) in [6.07, 6.45) is 1.53. The van der Waals surface area contributed by atoms with Crippen LogP contribution in [0, 0.1) is 0 Å². The molecule has 0 radical (unpaired) electrons. The standard InChI is InChI=1S/C19H12N2O5S/c1-26-12-8-6-11(7-9-12)10-15-18(24)21(19(25)27-15)20-16(22)13-4-2-3-5-14(13)17(20)23/h2-10H,1H3/b15-10+. The van der Waals surface area contributed by atoms with Crippen molar-refractivity contribution < 1.29 is 23.9 Å². The minimum atomic E-state index is -0.713. The normalized spacial score (nSPS) is 17.9. The predicted molar refractivity (Wildman–Crippen MR) is 97.7 cm³/mol. The highest BCUT2D eigenvalue weighted by Gasteiger charge is 2.48. The van der Waals surface area contributed by atoms with Gasteiger partial charge in [0, 0.05) is 0 Å². The van der Waals surface area contributed by atoms with E-state index in [-0.39, 0.29) is 16.0 Å². The Hall–Kier alpha value is -3.39. The average molecular weight is 380 g/mol. The molecule has 0 atom stereocenters. The number of hydrogen-bond donors (Lipinski definition) is 0. The molecule has 0 bridgehead atoms. The lowest BCUT2D eigenvalue weighted by atomic mass is 10.1. The van der Waals surface area contributed by atoms with Crippen LogP contribution in [0.2, 0.25) is 0 Å². The van der Waals surface area contributed by atoms with E-state index in [2.05, 4.69) is 0 Å². The van der Waals surface area contributed by atoms with Crippen LogP contribution in [0.15, 0.2) is 53.4 Å². The molecular weight excluding hydrogens is 368 g/mol. The summed E-state index contributed by atoms with van der Waals surface area (Å²) in [6.45, 7) is 0. The fourth-order valence-electron chi connectivity index (χ4n) is 2.84. The van der Waals surface area contributed by atoms with Crippen LogP contribution < -0.4 is 4.74 Å². The third kappa shape index (κ3) is 2.70. The van der Waals surface area contributed by atoms with Gasteiger partial charge in [-0.25, -0.2) is 0 Å². The minimum absolute atomic E-state index is 0.127. The van der Waals surface area contributed by atoms with Crippen molar-refractivity contribution in [1.82, 2.24) is 10.0 Å². The van der Waals surface area contributed by atoms with Crippen LogP contribution in [0.25, 0.3) is 6.08 Å². The van der Waals surface area contributed by atoms with Crippen molar-refractivity contribution in [2.24, 2.45) is 0 Å². The largest absolute Gasteiger partial charge is 0.497 e. The van der Waals surface area contributed by atoms with Crippen molar-refractivity contribution in [3.05, 3.63) is 70.1 Å². The first-order valence-electron chi connectivity index (χ1n) is 7.91. The van der Waals surface area contributed by atoms with Crippen LogP contribution in [-0.2, 0) is 4.79 Å². The highest BCUT2D eigenvalue weighted by Crippen LogP contribution is 2.36. The van der Waals surface area contributed by atoms with E-state index in [1.54, 1.807) is 43.5 Å². The number of amides is 4. The van der Waals surface area contributed by atoms with Gasteiger partial charge < -0.3 is 4.74 Å². The second kappa shape index (κ2) is 6.40. The number of hydrogen-bond acceptors (Lipinski definition) is 6. The lowest BCUT2D eigenvalue weighted by Crippen LogP contribution is -2.48. The SMILES string of the molecule is COc1ccc(/C=C2/SC(=O)N(N3C(=O)c4ccccc4C3=O)C2=O)cc1. The fourth-order valence-corrected chi connectivity index (χ4v) is 3.65. The summed E-state index contributed by atoms with van der Waals surface area (Å²) in [5, 5.41) is 0.510. The summed E-state index contributed by atoms with van der Waals surface area (Å²) >= 11 is 0.677. The van der Waals surface area contributed by atoms with E-state index in [1.807, 2.05) is 0 Å². The number of fused-ring (bicyclic) bond motifs is 1. The molecule has 2 aliphatic heterocycles. The molecule has 27 heavy (non-hydrogen) atoms. The molecule has 2 aliphatic rings. The Balaban J connectivity index is 1.65. The molecule has 2 aromatic rings. The van der Waals surface area contributed by atoms with Gasteiger partial charge in [-0.3, -0.25) is 19.2 Å².